The topological polar surface area (TPSA) is 55.9 Å². The van der Waals surface area contributed by atoms with Gasteiger partial charge in [0.25, 0.3) is 0 Å². The van der Waals surface area contributed by atoms with Crippen LogP contribution < -0.4 is 5.32 Å². The Morgan fingerprint density at radius 2 is 2.05 bits per heavy atom. The molecule has 1 aromatic carbocycles. The van der Waals surface area contributed by atoms with Crippen LogP contribution in [0.5, 0.6) is 0 Å². The Morgan fingerprint density at radius 3 is 2.86 bits per heavy atom. The van der Waals surface area contributed by atoms with Crippen molar-refractivity contribution in [2.24, 2.45) is 0 Å². The second-order valence-electron chi connectivity index (χ2n) is 4.83. The van der Waals surface area contributed by atoms with Crippen LogP contribution >= 0.6 is 0 Å². The Balaban J connectivity index is 1.74. The van der Waals surface area contributed by atoms with Crippen molar-refractivity contribution in [1.29, 1.82) is 0 Å². The van der Waals surface area contributed by atoms with Gasteiger partial charge in [-0.15, -0.1) is 0 Å². The van der Waals surface area contributed by atoms with Crippen LogP contribution in [0.1, 0.15) is 12.3 Å². The van der Waals surface area contributed by atoms with E-state index < -0.39 is 0 Å². The summed E-state index contributed by atoms with van der Waals surface area (Å²) in [5.74, 6) is 1.53. The smallest absolute Gasteiger partial charge is 0.194 e. The van der Waals surface area contributed by atoms with Crippen molar-refractivity contribution in [2.45, 2.75) is 12.8 Å². The molecule has 0 bridgehead atoms. The third-order valence-electron chi connectivity index (χ3n) is 3.26. The molecule has 3 rings (SSSR count). The van der Waals surface area contributed by atoms with Gasteiger partial charge in [0.05, 0.1) is 23.6 Å². The van der Waals surface area contributed by atoms with Crippen LogP contribution in [-0.2, 0) is 6.42 Å². The van der Waals surface area contributed by atoms with Crippen LogP contribution in [-0.4, -0.2) is 28.4 Å². The molecule has 0 atom stereocenters. The zero-order chi connectivity index (χ0) is 14.5. The second kappa shape index (κ2) is 6.37. The summed E-state index contributed by atoms with van der Waals surface area (Å²) < 4.78 is 7.61. The number of aryl methyl sites for hydroxylation is 1. The number of nitrogens with zero attached hydrogens (tertiary/aromatic N) is 3. The van der Waals surface area contributed by atoms with Crippen LogP contribution in [0.15, 0.2) is 53.3 Å². The fraction of sp³-hybridized carbons (Fsp3) is 0.250. The number of aromatic nitrogens is 3. The molecular weight excluding hydrogens is 264 g/mol. The molecule has 5 nitrogen and oxygen atoms in total. The molecule has 0 amide bonds. The SMILES string of the molecule is CNCCCc1ncc(-c2cnn(-c3ccccc3)c2)o1. The van der Waals surface area contributed by atoms with Gasteiger partial charge in [0.15, 0.2) is 11.7 Å². The van der Waals surface area contributed by atoms with E-state index in [4.69, 9.17) is 4.42 Å². The number of benzene rings is 1. The molecule has 2 aromatic heterocycles. The molecule has 108 valence electrons. The van der Waals surface area contributed by atoms with Crippen molar-refractivity contribution in [2.75, 3.05) is 13.6 Å². The lowest BCUT2D eigenvalue weighted by Gasteiger charge is -1.98. The predicted molar refractivity (Wildman–Crippen MR) is 81.3 cm³/mol. The summed E-state index contributed by atoms with van der Waals surface area (Å²) in [6.45, 7) is 0.962. The van der Waals surface area contributed by atoms with Gasteiger partial charge in [-0.05, 0) is 32.1 Å². The van der Waals surface area contributed by atoms with E-state index in [2.05, 4.69) is 15.4 Å². The van der Waals surface area contributed by atoms with Crippen molar-refractivity contribution in [3.05, 3.63) is 54.8 Å². The van der Waals surface area contributed by atoms with Crippen LogP contribution in [0.4, 0.5) is 0 Å². The minimum Gasteiger partial charge on any atom is -0.441 e. The molecule has 0 radical (unpaired) electrons. The molecule has 21 heavy (non-hydrogen) atoms. The highest BCUT2D eigenvalue weighted by Gasteiger charge is 2.09. The maximum absolute atomic E-state index is 5.77. The average Bonchev–Trinajstić information content (AvgIpc) is 3.17. The lowest BCUT2D eigenvalue weighted by atomic mass is 10.3. The van der Waals surface area contributed by atoms with Crippen molar-refractivity contribution >= 4 is 0 Å². The van der Waals surface area contributed by atoms with Crippen molar-refractivity contribution in [3.8, 4) is 17.0 Å². The van der Waals surface area contributed by atoms with Gasteiger partial charge in [-0.1, -0.05) is 18.2 Å². The van der Waals surface area contributed by atoms with Gasteiger partial charge < -0.3 is 9.73 Å². The standard InChI is InChI=1S/C16H18N4O/c1-17-9-5-8-16-18-11-15(21-16)13-10-19-20(12-13)14-6-3-2-4-7-14/h2-4,6-7,10-12,17H,5,8-9H2,1H3. The first-order valence-corrected chi connectivity index (χ1v) is 7.06. The Labute approximate surface area is 123 Å². The first-order valence-electron chi connectivity index (χ1n) is 7.06. The van der Waals surface area contributed by atoms with Crippen molar-refractivity contribution in [3.63, 3.8) is 0 Å². The Hall–Kier alpha value is -2.40. The minimum absolute atomic E-state index is 0.761. The lowest BCUT2D eigenvalue weighted by Crippen LogP contribution is -2.08. The zero-order valence-electron chi connectivity index (χ0n) is 12.0. The number of para-hydroxylation sites is 1. The van der Waals surface area contributed by atoms with Crippen LogP contribution in [0.25, 0.3) is 17.0 Å². The second-order valence-corrected chi connectivity index (χ2v) is 4.83. The highest BCUT2D eigenvalue weighted by Crippen LogP contribution is 2.21. The molecule has 0 aliphatic rings. The largest absolute Gasteiger partial charge is 0.441 e. The molecule has 0 unspecified atom stereocenters. The highest BCUT2D eigenvalue weighted by molar-refractivity contribution is 5.54. The van der Waals surface area contributed by atoms with Gasteiger partial charge in [-0.3, -0.25) is 0 Å². The maximum atomic E-state index is 5.77. The van der Waals surface area contributed by atoms with E-state index in [0.717, 1.165) is 42.3 Å². The number of hydrogen-bond donors (Lipinski definition) is 1. The summed E-state index contributed by atoms with van der Waals surface area (Å²) in [4.78, 5) is 4.31. The minimum atomic E-state index is 0.761. The van der Waals surface area contributed by atoms with Gasteiger partial charge in [0.1, 0.15) is 0 Å². The summed E-state index contributed by atoms with van der Waals surface area (Å²) in [7, 11) is 1.94. The summed E-state index contributed by atoms with van der Waals surface area (Å²) in [6, 6.07) is 10.00. The van der Waals surface area contributed by atoms with Gasteiger partial charge in [-0.2, -0.15) is 5.10 Å². The van der Waals surface area contributed by atoms with Crippen LogP contribution in [0.2, 0.25) is 0 Å². The molecule has 0 spiro atoms. The normalized spacial score (nSPS) is 10.9. The van der Waals surface area contributed by atoms with E-state index in [9.17, 15) is 0 Å². The van der Waals surface area contributed by atoms with Crippen LogP contribution in [0, 0.1) is 0 Å². The van der Waals surface area contributed by atoms with Gasteiger partial charge in [0, 0.05) is 12.6 Å². The summed E-state index contributed by atoms with van der Waals surface area (Å²) in [5.41, 5.74) is 1.96. The predicted octanol–water partition coefficient (Wildman–Crippen LogP) is 2.68. The summed E-state index contributed by atoms with van der Waals surface area (Å²) in [5, 5.41) is 7.48. The van der Waals surface area contributed by atoms with Crippen molar-refractivity contribution < 1.29 is 4.42 Å². The summed E-state index contributed by atoms with van der Waals surface area (Å²) >= 11 is 0. The molecule has 0 aliphatic carbocycles. The molecule has 2 heterocycles. The van der Waals surface area contributed by atoms with E-state index in [-0.39, 0.29) is 0 Å². The van der Waals surface area contributed by atoms with E-state index in [1.807, 2.05) is 48.3 Å². The molecule has 0 aliphatic heterocycles. The third-order valence-corrected chi connectivity index (χ3v) is 3.26. The number of hydrogen-bond acceptors (Lipinski definition) is 4. The number of oxazole rings is 1. The Kier molecular flexibility index (Phi) is 4.12. The molecule has 5 heteroatoms. The van der Waals surface area contributed by atoms with Crippen molar-refractivity contribution in [1.82, 2.24) is 20.1 Å². The maximum Gasteiger partial charge on any atom is 0.194 e. The first-order chi connectivity index (χ1) is 10.4. The van der Waals surface area contributed by atoms with E-state index in [0.29, 0.717) is 0 Å². The van der Waals surface area contributed by atoms with E-state index >= 15 is 0 Å². The van der Waals surface area contributed by atoms with Gasteiger partial charge in [0.2, 0.25) is 0 Å². The fourth-order valence-corrected chi connectivity index (χ4v) is 2.15. The first kappa shape index (κ1) is 13.6. The third kappa shape index (κ3) is 3.20. The monoisotopic (exact) mass is 282 g/mol. The molecular formula is C16H18N4O. The quantitative estimate of drug-likeness (QED) is 0.706. The van der Waals surface area contributed by atoms with Crippen LogP contribution in [0.3, 0.4) is 0 Å². The van der Waals surface area contributed by atoms with Gasteiger partial charge in [-0.25, -0.2) is 9.67 Å². The van der Waals surface area contributed by atoms with E-state index in [1.54, 1.807) is 12.4 Å². The fourth-order valence-electron chi connectivity index (χ4n) is 2.15. The Morgan fingerprint density at radius 1 is 1.19 bits per heavy atom. The average molecular weight is 282 g/mol. The molecule has 0 saturated carbocycles. The number of rotatable bonds is 6. The Bertz CT molecular complexity index is 687. The summed E-state index contributed by atoms with van der Waals surface area (Å²) in [6.07, 6.45) is 7.37. The molecule has 0 saturated heterocycles. The molecule has 1 N–H and O–H groups in total. The number of nitrogens with one attached hydrogen (secondary N) is 1. The molecule has 3 aromatic rings. The lowest BCUT2D eigenvalue weighted by molar-refractivity contribution is 0.495. The highest BCUT2D eigenvalue weighted by atomic mass is 16.4. The molecule has 0 fully saturated rings. The zero-order valence-corrected chi connectivity index (χ0v) is 12.0. The van der Waals surface area contributed by atoms with E-state index in [1.165, 1.54) is 0 Å². The van der Waals surface area contributed by atoms with Gasteiger partial charge >= 0.3 is 0 Å².